The summed E-state index contributed by atoms with van der Waals surface area (Å²) in [6.07, 6.45) is 2.05. The minimum absolute atomic E-state index is 0.109. The van der Waals surface area contributed by atoms with Crippen molar-refractivity contribution in [3.8, 4) is 10.6 Å². The van der Waals surface area contributed by atoms with E-state index in [4.69, 9.17) is 0 Å². The maximum Gasteiger partial charge on any atom is 0.325 e. The van der Waals surface area contributed by atoms with Gasteiger partial charge in [-0.3, -0.25) is 9.69 Å². The molecule has 4 rings (SSSR count). The van der Waals surface area contributed by atoms with Gasteiger partial charge in [-0.1, -0.05) is 30.3 Å². The van der Waals surface area contributed by atoms with E-state index in [9.17, 15) is 9.59 Å². The molecule has 0 radical (unpaired) electrons. The molecule has 2 aliphatic rings. The Balaban J connectivity index is 1.51. The molecule has 3 amide bonds. The monoisotopic (exact) mass is 313 g/mol. The second-order valence-electron chi connectivity index (χ2n) is 5.70. The van der Waals surface area contributed by atoms with Gasteiger partial charge in [-0.05, 0) is 18.8 Å². The first kappa shape index (κ1) is 13.5. The number of carbonyl (C=O) groups is 2. The fourth-order valence-electron chi connectivity index (χ4n) is 2.69. The van der Waals surface area contributed by atoms with Crippen molar-refractivity contribution < 1.29 is 9.59 Å². The number of aromatic nitrogens is 1. The SMILES string of the molecule is O=C1NC(C2CC2)C(=O)N1Cc1csc(-c2ccccc2)n1. The molecule has 1 aliphatic carbocycles. The van der Waals surface area contributed by atoms with Crippen LogP contribution in [0.5, 0.6) is 0 Å². The van der Waals surface area contributed by atoms with Crippen molar-refractivity contribution in [3.63, 3.8) is 0 Å². The van der Waals surface area contributed by atoms with Gasteiger partial charge in [0.15, 0.2) is 0 Å². The number of hydrogen-bond acceptors (Lipinski definition) is 4. The second kappa shape index (κ2) is 5.21. The molecule has 1 N–H and O–H groups in total. The minimum Gasteiger partial charge on any atom is -0.326 e. The lowest BCUT2D eigenvalue weighted by atomic mass is 10.2. The lowest BCUT2D eigenvalue weighted by Gasteiger charge is -2.10. The molecule has 2 aromatic rings. The lowest BCUT2D eigenvalue weighted by molar-refractivity contribution is -0.128. The summed E-state index contributed by atoms with van der Waals surface area (Å²) in [4.78, 5) is 30.1. The van der Waals surface area contributed by atoms with Crippen molar-refractivity contribution in [2.75, 3.05) is 0 Å². The van der Waals surface area contributed by atoms with Crippen molar-refractivity contribution in [1.29, 1.82) is 0 Å². The predicted octanol–water partition coefficient (Wildman–Crippen LogP) is 2.64. The maximum atomic E-state index is 12.3. The van der Waals surface area contributed by atoms with E-state index in [1.54, 1.807) is 0 Å². The first-order valence-corrected chi connectivity index (χ1v) is 8.22. The molecule has 1 unspecified atom stereocenters. The highest BCUT2D eigenvalue weighted by Crippen LogP contribution is 2.35. The Kier molecular flexibility index (Phi) is 3.18. The lowest BCUT2D eigenvalue weighted by Crippen LogP contribution is -2.32. The van der Waals surface area contributed by atoms with Crippen LogP contribution in [0.1, 0.15) is 18.5 Å². The molecule has 112 valence electrons. The van der Waals surface area contributed by atoms with E-state index < -0.39 is 0 Å². The van der Waals surface area contributed by atoms with Crippen molar-refractivity contribution in [1.82, 2.24) is 15.2 Å². The Labute approximate surface area is 132 Å². The Morgan fingerprint density at radius 1 is 1.23 bits per heavy atom. The molecule has 0 spiro atoms. The standard InChI is InChI=1S/C16H15N3O2S/c20-15-13(10-6-7-10)18-16(21)19(15)8-12-9-22-14(17-12)11-4-2-1-3-5-11/h1-5,9-10,13H,6-8H2,(H,18,21). The van der Waals surface area contributed by atoms with Crippen molar-refractivity contribution in [2.45, 2.75) is 25.4 Å². The quantitative estimate of drug-likeness (QED) is 0.883. The molecule has 6 heteroatoms. The van der Waals surface area contributed by atoms with E-state index in [1.165, 1.54) is 16.2 Å². The highest BCUT2D eigenvalue weighted by atomic mass is 32.1. The third kappa shape index (κ3) is 2.39. The average molecular weight is 313 g/mol. The zero-order valence-corrected chi connectivity index (χ0v) is 12.7. The van der Waals surface area contributed by atoms with Crippen LogP contribution in [0, 0.1) is 5.92 Å². The number of rotatable bonds is 4. The summed E-state index contributed by atoms with van der Waals surface area (Å²) in [5.41, 5.74) is 1.80. The van der Waals surface area contributed by atoms with Crippen LogP contribution < -0.4 is 5.32 Å². The second-order valence-corrected chi connectivity index (χ2v) is 6.56. The van der Waals surface area contributed by atoms with Gasteiger partial charge in [0.1, 0.15) is 11.0 Å². The Hall–Kier alpha value is -2.21. The molecule has 2 fully saturated rings. The number of urea groups is 1. The number of amides is 3. The fourth-order valence-corrected chi connectivity index (χ4v) is 3.51. The number of hydrogen-bond donors (Lipinski definition) is 1. The topological polar surface area (TPSA) is 62.3 Å². The largest absolute Gasteiger partial charge is 0.326 e. The molecule has 0 bridgehead atoms. The predicted molar refractivity (Wildman–Crippen MR) is 83.1 cm³/mol. The molecular formula is C16H15N3O2S. The van der Waals surface area contributed by atoms with Gasteiger partial charge in [0.2, 0.25) is 0 Å². The molecule has 2 heterocycles. The number of benzene rings is 1. The van der Waals surface area contributed by atoms with E-state index in [-0.39, 0.29) is 24.5 Å². The normalized spacial score (nSPS) is 21.3. The molecule has 1 aromatic carbocycles. The van der Waals surface area contributed by atoms with Gasteiger partial charge in [0, 0.05) is 10.9 Å². The molecule has 1 saturated carbocycles. The molecule has 1 atom stereocenters. The van der Waals surface area contributed by atoms with E-state index in [0.29, 0.717) is 5.92 Å². The minimum atomic E-state index is -0.320. The highest BCUT2D eigenvalue weighted by Gasteiger charge is 2.46. The van der Waals surface area contributed by atoms with Crippen LogP contribution >= 0.6 is 11.3 Å². The van der Waals surface area contributed by atoms with Crippen LogP contribution in [-0.4, -0.2) is 27.9 Å². The van der Waals surface area contributed by atoms with Crippen molar-refractivity contribution >= 4 is 23.3 Å². The van der Waals surface area contributed by atoms with Gasteiger partial charge in [-0.2, -0.15) is 0 Å². The molecule has 5 nitrogen and oxygen atoms in total. The number of thiazole rings is 1. The van der Waals surface area contributed by atoms with Crippen LogP contribution in [0.4, 0.5) is 4.79 Å². The van der Waals surface area contributed by atoms with Gasteiger partial charge < -0.3 is 5.32 Å². The Morgan fingerprint density at radius 2 is 2.00 bits per heavy atom. The van der Waals surface area contributed by atoms with Gasteiger partial charge in [0.05, 0.1) is 12.2 Å². The number of nitrogens with zero attached hydrogens (tertiary/aromatic N) is 2. The summed E-state index contributed by atoms with van der Waals surface area (Å²) in [6.45, 7) is 0.247. The van der Waals surface area contributed by atoms with Crippen LogP contribution in [0.2, 0.25) is 0 Å². The molecular weight excluding hydrogens is 298 g/mol. The van der Waals surface area contributed by atoms with E-state index in [1.807, 2.05) is 35.7 Å². The van der Waals surface area contributed by atoms with Gasteiger partial charge >= 0.3 is 6.03 Å². The molecule has 1 saturated heterocycles. The first-order chi connectivity index (χ1) is 10.7. The molecule has 1 aromatic heterocycles. The molecule has 1 aliphatic heterocycles. The fraction of sp³-hybridized carbons (Fsp3) is 0.312. The third-order valence-electron chi connectivity index (χ3n) is 4.04. The smallest absolute Gasteiger partial charge is 0.325 e. The van der Waals surface area contributed by atoms with Gasteiger partial charge in [0.25, 0.3) is 5.91 Å². The zero-order chi connectivity index (χ0) is 15.1. The number of nitrogens with one attached hydrogen (secondary N) is 1. The van der Waals surface area contributed by atoms with E-state index in [2.05, 4.69) is 10.3 Å². The van der Waals surface area contributed by atoms with Crippen LogP contribution in [0.15, 0.2) is 35.7 Å². The summed E-state index contributed by atoms with van der Waals surface area (Å²) >= 11 is 1.53. The van der Waals surface area contributed by atoms with Crippen molar-refractivity contribution in [2.24, 2.45) is 5.92 Å². The van der Waals surface area contributed by atoms with Crippen LogP contribution in [-0.2, 0) is 11.3 Å². The number of imide groups is 1. The van der Waals surface area contributed by atoms with Crippen LogP contribution in [0.25, 0.3) is 10.6 Å². The highest BCUT2D eigenvalue weighted by molar-refractivity contribution is 7.13. The van der Waals surface area contributed by atoms with Gasteiger partial charge in [-0.25, -0.2) is 9.78 Å². The van der Waals surface area contributed by atoms with Crippen LogP contribution in [0.3, 0.4) is 0 Å². The van der Waals surface area contributed by atoms with E-state index in [0.717, 1.165) is 29.1 Å². The summed E-state index contributed by atoms with van der Waals surface area (Å²) < 4.78 is 0. The number of carbonyl (C=O) groups excluding carboxylic acids is 2. The Bertz CT molecular complexity index is 724. The van der Waals surface area contributed by atoms with E-state index >= 15 is 0 Å². The van der Waals surface area contributed by atoms with Crippen molar-refractivity contribution in [3.05, 3.63) is 41.4 Å². The summed E-state index contributed by atoms with van der Waals surface area (Å²) in [5.74, 6) is 0.221. The summed E-state index contributed by atoms with van der Waals surface area (Å²) in [6, 6.07) is 9.28. The summed E-state index contributed by atoms with van der Waals surface area (Å²) in [5, 5.41) is 5.60. The zero-order valence-electron chi connectivity index (χ0n) is 11.9. The average Bonchev–Trinajstić information content (AvgIpc) is 3.21. The molecule has 22 heavy (non-hydrogen) atoms. The van der Waals surface area contributed by atoms with Gasteiger partial charge in [-0.15, -0.1) is 11.3 Å². The Morgan fingerprint density at radius 3 is 2.73 bits per heavy atom. The maximum absolute atomic E-state index is 12.3. The first-order valence-electron chi connectivity index (χ1n) is 7.34. The summed E-state index contributed by atoms with van der Waals surface area (Å²) in [7, 11) is 0. The third-order valence-corrected chi connectivity index (χ3v) is 4.98.